The Labute approximate surface area is 79.8 Å². The fraction of sp³-hybridized carbons (Fsp3) is 1.00. The van der Waals surface area contributed by atoms with Crippen LogP contribution in [0.3, 0.4) is 0 Å². The zero-order chi connectivity index (χ0) is 10.3. The van der Waals surface area contributed by atoms with Gasteiger partial charge < -0.3 is 16.2 Å². The van der Waals surface area contributed by atoms with E-state index in [-0.39, 0.29) is 28.2 Å². The van der Waals surface area contributed by atoms with Crippen molar-refractivity contribution in [1.82, 2.24) is 0 Å². The first-order chi connectivity index (χ1) is 5.61. The predicted molar refractivity (Wildman–Crippen MR) is 52.2 cm³/mol. The average molecular weight is 184 g/mol. The Balaban J connectivity index is 2.33. The molecular weight excluding hydrogens is 164 g/mol. The summed E-state index contributed by atoms with van der Waals surface area (Å²) in [5, 5.41) is 0. The van der Waals surface area contributed by atoms with E-state index in [4.69, 9.17) is 16.2 Å². The molecule has 1 spiro atoms. The minimum Gasteiger partial charge on any atom is -0.361 e. The number of nitrogens with two attached hydrogens (primary N) is 2. The van der Waals surface area contributed by atoms with Crippen LogP contribution in [0.1, 0.15) is 34.6 Å². The number of rotatable bonds is 1. The number of hydrogen-bond acceptors (Lipinski definition) is 3. The molecule has 1 heterocycles. The molecule has 1 saturated heterocycles. The second-order valence-electron chi connectivity index (χ2n) is 5.75. The first-order valence-corrected chi connectivity index (χ1v) is 4.86. The minimum atomic E-state index is -0.278. The fourth-order valence-corrected chi connectivity index (χ4v) is 3.04. The summed E-state index contributed by atoms with van der Waals surface area (Å²) >= 11 is 0. The monoisotopic (exact) mass is 184 g/mol. The number of epoxide rings is 1. The molecule has 4 N–H and O–H groups in total. The molecule has 76 valence electrons. The molecule has 3 atom stereocenters. The highest BCUT2D eigenvalue weighted by atomic mass is 16.6. The van der Waals surface area contributed by atoms with Gasteiger partial charge in [0.25, 0.3) is 0 Å². The van der Waals surface area contributed by atoms with Crippen molar-refractivity contribution < 1.29 is 4.74 Å². The highest BCUT2D eigenvalue weighted by Gasteiger charge is 2.93. The lowest BCUT2D eigenvalue weighted by atomic mass is 9.82. The molecule has 1 aliphatic carbocycles. The zero-order valence-electron chi connectivity index (χ0n) is 9.14. The van der Waals surface area contributed by atoms with Gasteiger partial charge in [-0.15, -0.1) is 0 Å². The van der Waals surface area contributed by atoms with Gasteiger partial charge >= 0.3 is 0 Å². The summed E-state index contributed by atoms with van der Waals surface area (Å²) in [6, 6.07) is 0.0787. The van der Waals surface area contributed by atoms with Gasteiger partial charge in [0, 0.05) is 17.0 Å². The summed E-state index contributed by atoms with van der Waals surface area (Å²) in [5.74, 6) is 0. The topological polar surface area (TPSA) is 64.6 Å². The van der Waals surface area contributed by atoms with E-state index in [9.17, 15) is 0 Å². The second kappa shape index (κ2) is 1.81. The highest BCUT2D eigenvalue weighted by Crippen LogP contribution is 2.77. The van der Waals surface area contributed by atoms with E-state index < -0.39 is 0 Å². The smallest absolute Gasteiger partial charge is 0.122 e. The van der Waals surface area contributed by atoms with Gasteiger partial charge in [-0.05, 0) is 27.7 Å². The summed E-state index contributed by atoms with van der Waals surface area (Å²) < 4.78 is 5.75. The van der Waals surface area contributed by atoms with Crippen LogP contribution < -0.4 is 11.5 Å². The van der Waals surface area contributed by atoms with E-state index >= 15 is 0 Å². The van der Waals surface area contributed by atoms with Crippen molar-refractivity contribution in [2.75, 3.05) is 0 Å². The summed E-state index contributed by atoms with van der Waals surface area (Å²) in [6.45, 7) is 10.4. The van der Waals surface area contributed by atoms with Crippen LogP contribution in [0.4, 0.5) is 0 Å². The quantitative estimate of drug-likeness (QED) is 0.587. The van der Waals surface area contributed by atoms with Crippen molar-refractivity contribution in [3.05, 3.63) is 0 Å². The lowest BCUT2D eigenvalue weighted by Gasteiger charge is -2.28. The molecule has 13 heavy (non-hydrogen) atoms. The Morgan fingerprint density at radius 3 is 1.69 bits per heavy atom. The van der Waals surface area contributed by atoms with Gasteiger partial charge in [0.2, 0.25) is 0 Å². The second-order valence-corrected chi connectivity index (χ2v) is 5.75. The molecule has 1 aliphatic heterocycles. The molecule has 2 rings (SSSR count). The van der Waals surface area contributed by atoms with Crippen LogP contribution in [0, 0.1) is 5.41 Å². The largest absolute Gasteiger partial charge is 0.361 e. The third kappa shape index (κ3) is 0.694. The Kier molecular flexibility index (Phi) is 1.31. The lowest BCUT2D eigenvalue weighted by molar-refractivity contribution is 0.243. The third-order valence-electron chi connectivity index (χ3n) is 4.36. The zero-order valence-corrected chi connectivity index (χ0v) is 9.14. The number of hydrogen-bond donors (Lipinski definition) is 2. The maximum Gasteiger partial charge on any atom is 0.122 e. The molecule has 0 radical (unpaired) electrons. The van der Waals surface area contributed by atoms with Crippen molar-refractivity contribution >= 4 is 0 Å². The Morgan fingerprint density at radius 1 is 1.23 bits per heavy atom. The molecule has 0 amide bonds. The van der Waals surface area contributed by atoms with Crippen LogP contribution in [0.5, 0.6) is 0 Å². The van der Waals surface area contributed by atoms with Gasteiger partial charge in [-0.25, -0.2) is 0 Å². The van der Waals surface area contributed by atoms with Gasteiger partial charge in [0.15, 0.2) is 0 Å². The Hall–Kier alpha value is -0.120. The Bertz CT molecular complexity index is 269. The van der Waals surface area contributed by atoms with Gasteiger partial charge in [-0.1, -0.05) is 6.92 Å². The first-order valence-electron chi connectivity index (χ1n) is 4.86. The van der Waals surface area contributed by atoms with Gasteiger partial charge in [-0.2, -0.15) is 0 Å². The van der Waals surface area contributed by atoms with E-state index in [2.05, 4.69) is 20.8 Å². The van der Waals surface area contributed by atoms with Gasteiger partial charge in [0.05, 0.1) is 5.60 Å². The average Bonchev–Trinajstić information content (AvgIpc) is 2.61. The molecule has 0 bridgehead atoms. The summed E-state index contributed by atoms with van der Waals surface area (Å²) in [5.41, 5.74) is 11.6. The molecule has 3 nitrogen and oxygen atoms in total. The van der Waals surface area contributed by atoms with Crippen molar-refractivity contribution in [2.24, 2.45) is 16.9 Å². The molecule has 2 aliphatic rings. The standard InChI is InChI=1S/C10H20N2O/c1-7(2,12)9(5)6(11)10(9)8(3,4)13-10/h6H,11-12H2,1-5H3. The molecule has 0 aromatic carbocycles. The molecule has 1 saturated carbocycles. The SMILES string of the molecule is CC(C)(N)C1(C)C(N)C12OC2(C)C. The van der Waals surface area contributed by atoms with Crippen LogP contribution in [-0.4, -0.2) is 22.8 Å². The normalized spacial score (nSPS) is 52.4. The highest BCUT2D eigenvalue weighted by molar-refractivity contribution is 5.44. The molecule has 3 unspecified atom stereocenters. The minimum absolute atomic E-state index is 0.0787. The van der Waals surface area contributed by atoms with Crippen LogP contribution in [0.15, 0.2) is 0 Å². The molecule has 0 aromatic rings. The third-order valence-corrected chi connectivity index (χ3v) is 4.36. The van der Waals surface area contributed by atoms with Crippen LogP contribution in [-0.2, 0) is 4.74 Å². The molecular formula is C10H20N2O. The molecule has 3 heteroatoms. The van der Waals surface area contributed by atoms with Crippen LogP contribution >= 0.6 is 0 Å². The maximum atomic E-state index is 6.14. The van der Waals surface area contributed by atoms with E-state index in [1.807, 2.05) is 13.8 Å². The van der Waals surface area contributed by atoms with Crippen molar-refractivity contribution in [3.8, 4) is 0 Å². The Morgan fingerprint density at radius 2 is 1.62 bits per heavy atom. The van der Waals surface area contributed by atoms with E-state index in [1.165, 1.54) is 0 Å². The van der Waals surface area contributed by atoms with Crippen molar-refractivity contribution in [2.45, 2.75) is 57.4 Å². The van der Waals surface area contributed by atoms with E-state index in [0.29, 0.717) is 0 Å². The predicted octanol–water partition coefficient (Wildman–Crippen LogP) is 0.619. The van der Waals surface area contributed by atoms with Crippen molar-refractivity contribution in [1.29, 1.82) is 0 Å². The maximum absolute atomic E-state index is 6.14. The van der Waals surface area contributed by atoms with Gasteiger partial charge in [0.1, 0.15) is 5.60 Å². The van der Waals surface area contributed by atoms with Crippen LogP contribution in [0.25, 0.3) is 0 Å². The number of ether oxygens (including phenoxy) is 1. The van der Waals surface area contributed by atoms with E-state index in [0.717, 1.165) is 0 Å². The summed E-state index contributed by atoms with van der Waals surface area (Å²) in [6.07, 6.45) is 0. The van der Waals surface area contributed by atoms with Crippen molar-refractivity contribution in [3.63, 3.8) is 0 Å². The molecule has 2 fully saturated rings. The summed E-state index contributed by atoms with van der Waals surface area (Å²) in [7, 11) is 0. The van der Waals surface area contributed by atoms with Gasteiger partial charge in [-0.3, -0.25) is 0 Å². The summed E-state index contributed by atoms with van der Waals surface area (Å²) in [4.78, 5) is 0. The molecule has 0 aromatic heterocycles. The lowest BCUT2D eigenvalue weighted by Crippen LogP contribution is -2.45. The first kappa shape index (κ1) is 9.44. The van der Waals surface area contributed by atoms with Crippen LogP contribution in [0.2, 0.25) is 0 Å². The van der Waals surface area contributed by atoms with E-state index in [1.54, 1.807) is 0 Å². The fourth-order valence-electron chi connectivity index (χ4n) is 3.04.